The molecule has 1 aromatic heterocycles. The lowest BCUT2D eigenvalue weighted by molar-refractivity contribution is 0.0851. The molecule has 2 aromatic rings. The van der Waals surface area contributed by atoms with Crippen molar-refractivity contribution in [3.05, 3.63) is 64.1 Å². The first-order valence-corrected chi connectivity index (χ1v) is 7.74. The van der Waals surface area contributed by atoms with Gasteiger partial charge in [0.1, 0.15) is 5.69 Å². The van der Waals surface area contributed by atoms with E-state index in [0.29, 0.717) is 13.1 Å². The van der Waals surface area contributed by atoms with Gasteiger partial charge in [-0.15, -0.1) is 0 Å². The lowest BCUT2D eigenvalue weighted by Gasteiger charge is -2.11. The van der Waals surface area contributed by atoms with E-state index in [9.17, 15) is 9.59 Å². The van der Waals surface area contributed by atoms with Crippen molar-refractivity contribution >= 4 is 5.91 Å². The molecular formula is C17H19N3O3. The van der Waals surface area contributed by atoms with Crippen LogP contribution in [0, 0.1) is 0 Å². The number of carbonyl (C=O) groups excluding carboxylic acids is 1. The van der Waals surface area contributed by atoms with Crippen LogP contribution in [0.25, 0.3) is 0 Å². The number of aromatic nitrogens is 2. The Labute approximate surface area is 134 Å². The molecule has 1 aromatic carbocycles. The molecule has 1 fully saturated rings. The molecule has 1 atom stereocenters. The van der Waals surface area contributed by atoms with Crippen LogP contribution in [-0.4, -0.2) is 34.9 Å². The van der Waals surface area contributed by atoms with Crippen LogP contribution in [0.1, 0.15) is 28.9 Å². The summed E-state index contributed by atoms with van der Waals surface area (Å²) in [5.41, 5.74) is 0.960. The average molecular weight is 313 g/mol. The van der Waals surface area contributed by atoms with Crippen LogP contribution in [-0.2, 0) is 11.3 Å². The zero-order valence-electron chi connectivity index (χ0n) is 12.8. The highest BCUT2D eigenvalue weighted by Gasteiger charge is 2.17. The molecule has 0 radical (unpaired) electrons. The Balaban J connectivity index is 1.69. The second-order valence-corrected chi connectivity index (χ2v) is 5.55. The van der Waals surface area contributed by atoms with E-state index in [-0.39, 0.29) is 23.3 Å². The van der Waals surface area contributed by atoms with Gasteiger partial charge in [-0.2, -0.15) is 5.10 Å². The Morgan fingerprint density at radius 3 is 2.83 bits per heavy atom. The quantitative estimate of drug-likeness (QED) is 0.900. The van der Waals surface area contributed by atoms with Gasteiger partial charge in [0.2, 0.25) is 0 Å². The molecule has 1 aliphatic heterocycles. The second-order valence-electron chi connectivity index (χ2n) is 5.55. The third kappa shape index (κ3) is 4.04. The van der Waals surface area contributed by atoms with Gasteiger partial charge in [-0.05, 0) is 24.5 Å². The fourth-order valence-electron chi connectivity index (χ4n) is 2.54. The second kappa shape index (κ2) is 7.19. The Hall–Kier alpha value is -2.47. The fraction of sp³-hybridized carbons (Fsp3) is 0.353. The molecule has 1 amide bonds. The van der Waals surface area contributed by atoms with E-state index in [2.05, 4.69) is 10.4 Å². The van der Waals surface area contributed by atoms with Crippen LogP contribution in [0.15, 0.2) is 47.3 Å². The monoisotopic (exact) mass is 313 g/mol. The molecule has 1 N–H and O–H groups in total. The van der Waals surface area contributed by atoms with Crippen molar-refractivity contribution in [2.24, 2.45) is 0 Å². The van der Waals surface area contributed by atoms with Gasteiger partial charge in [0.15, 0.2) is 0 Å². The Kier molecular flexibility index (Phi) is 4.83. The van der Waals surface area contributed by atoms with Gasteiger partial charge in [0, 0.05) is 19.2 Å². The molecule has 0 aliphatic carbocycles. The van der Waals surface area contributed by atoms with E-state index in [1.165, 1.54) is 16.8 Å². The summed E-state index contributed by atoms with van der Waals surface area (Å²) in [7, 11) is 0. The first kappa shape index (κ1) is 15.4. The van der Waals surface area contributed by atoms with Crippen LogP contribution >= 0.6 is 0 Å². The van der Waals surface area contributed by atoms with Crippen molar-refractivity contribution in [1.82, 2.24) is 15.1 Å². The van der Waals surface area contributed by atoms with E-state index in [0.717, 1.165) is 25.0 Å². The maximum absolute atomic E-state index is 12.2. The summed E-state index contributed by atoms with van der Waals surface area (Å²) in [6.45, 7) is 1.56. The van der Waals surface area contributed by atoms with Crippen LogP contribution < -0.4 is 10.9 Å². The lowest BCUT2D eigenvalue weighted by Crippen LogP contribution is -2.34. The molecular weight excluding hydrogens is 294 g/mol. The minimum atomic E-state index is -0.290. The molecule has 0 spiro atoms. The Morgan fingerprint density at radius 1 is 1.26 bits per heavy atom. The third-order valence-electron chi connectivity index (χ3n) is 3.79. The van der Waals surface area contributed by atoms with Gasteiger partial charge in [0.05, 0.1) is 12.6 Å². The van der Waals surface area contributed by atoms with Gasteiger partial charge in [-0.3, -0.25) is 9.59 Å². The number of nitrogens with one attached hydrogen (secondary N) is 1. The average Bonchev–Trinajstić information content (AvgIpc) is 3.09. The maximum Gasteiger partial charge on any atom is 0.271 e. The van der Waals surface area contributed by atoms with Gasteiger partial charge in [0.25, 0.3) is 11.5 Å². The Morgan fingerprint density at radius 2 is 2.09 bits per heavy atom. The van der Waals surface area contributed by atoms with E-state index >= 15 is 0 Å². The highest BCUT2D eigenvalue weighted by molar-refractivity contribution is 5.92. The Bertz CT molecular complexity index is 721. The van der Waals surface area contributed by atoms with Crippen LogP contribution in [0.3, 0.4) is 0 Å². The van der Waals surface area contributed by atoms with Crippen LogP contribution in [0.4, 0.5) is 0 Å². The summed E-state index contributed by atoms with van der Waals surface area (Å²) in [4.78, 5) is 24.1. The summed E-state index contributed by atoms with van der Waals surface area (Å²) in [5.74, 6) is -0.290. The number of rotatable bonds is 5. The standard InChI is InChI=1S/C17H19N3O3/c21-16-9-8-15(17(22)18-11-14-7-4-10-23-14)19-20(16)12-13-5-2-1-3-6-13/h1-3,5-6,8-9,14H,4,7,10-12H2,(H,18,22)/t14-/m0/s1. The first-order valence-electron chi connectivity index (χ1n) is 7.74. The number of ether oxygens (including phenoxy) is 1. The predicted molar refractivity (Wildman–Crippen MR) is 85.3 cm³/mol. The third-order valence-corrected chi connectivity index (χ3v) is 3.79. The molecule has 120 valence electrons. The smallest absolute Gasteiger partial charge is 0.271 e. The SMILES string of the molecule is O=C(NC[C@@H]1CCCO1)c1ccc(=O)n(Cc2ccccc2)n1. The molecule has 0 unspecified atom stereocenters. The fourth-order valence-corrected chi connectivity index (χ4v) is 2.54. The molecule has 6 nitrogen and oxygen atoms in total. The minimum absolute atomic E-state index is 0.0779. The van der Waals surface area contributed by atoms with E-state index < -0.39 is 0 Å². The van der Waals surface area contributed by atoms with Crippen LogP contribution in [0.2, 0.25) is 0 Å². The molecule has 6 heteroatoms. The molecule has 1 aliphatic rings. The molecule has 1 saturated heterocycles. The molecule has 23 heavy (non-hydrogen) atoms. The topological polar surface area (TPSA) is 73.2 Å². The normalized spacial score (nSPS) is 17.1. The van der Waals surface area contributed by atoms with Gasteiger partial charge in [-0.1, -0.05) is 30.3 Å². The predicted octanol–water partition coefficient (Wildman–Crippen LogP) is 1.20. The van der Waals surface area contributed by atoms with E-state index in [1.807, 2.05) is 30.3 Å². The number of hydrogen-bond donors (Lipinski definition) is 1. The largest absolute Gasteiger partial charge is 0.376 e. The van der Waals surface area contributed by atoms with Crippen molar-refractivity contribution < 1.29 is 9.53 Å². The number of amides is 1. The zero-order chi connectivity index (χ0) is 16.1. The van der Waals surface area contributed by atoms with Crippen molar-refractivity contribution in [1.29, 1.82) is 0 Å². The van der Waals surface area contributed by atoms with E-state index in [1.54, 1.807) is 0 Å². The lowest BCUT2D eigenvalue weighted by atomic mass is 10.2. The summed E-state index contributed by atoms with van der Waals surface area (Å²) in [5, 5.41) is 6.97. The van der Waals surface area contributed by atoms with Crippen molar-refractivity contribution in [2.45, 2.75) is 25.5 Å². The highest BCUT2D eigenvalue weighted by atomic mass is 16.5. The van der Waals surface area contributed by atoms with Gasteiger partial charge >= 0.3 is 0 Å². The summed E-state index contributed by atoms with van der Waals surface area (Å²) in [6.07, 6.45) is 2.07. The van der Waals surface area contributed by atoms with Crippen molar-refractivity contribution in [3.63, 3.8) is 0 Å². The van der Waals surface area contributed by atoms with Crippen molar-refractivity contribution in [2.75, 3.05) is 13.2 Å². The maximum atomic E-state index is 12.2. The number of benzene rings is 1. The van der Waals surface area contributed by atoms with Gasteiger partial charge < -0.3 is 10.1 Å². The number of nitrogens with zero attached hydrogens (tertiary/aromatic N) is 2. The van der Waals surface area contributed by atoms with Crippen molar-refractivity contribution in [3.8, 4) is 0 Å². The van der Waals surface area contributed by atoms with Crippen LogP contribution in [0.5, 0.6) is 0 Å². The van der Waals surface area contributed by atoms with E-state index in [4.69, 9.17) is 4.74 Å². The highest BCUT2D eigenvalue weighted by Crippen LogP contribution is 2.10. The zero-order valence-corrected chi connectivity index (χ0v) is 12.8. The summed E-state index contributed by atoms with van der Waals surface area (Å²) in [6, 6.07) is 12.4. The molecule has 0 bridgehead atoms. The van der Waals surface area contributed by atoms with Gasteiger partial charge in [-0.25, -0.2) is 4.68 Å². The summed E-state index contributed by atoms with van der Waals surface area (Å²) < 4.78 is 6.77. The number of carbonyl (C=O) groups is 1. The molecule has 0 saturated carbocycles. The minimum Gasteiger partial charge on any atom is -0.376 e. The molecule has 2 heterocycles. The first-order chi connectivity index (χ1) is 11.2. The molecule has 3 rings (SSSR count). The summed E-state index contributed by atoms with van der Waals surface area (Å²) >= 11 is 0. The number of hydrogen-bond acceptors (Lipinski definition) is 4.